The summed E-state index contributed by atoms with van der Waals surface area (Å²) in [6, 6.07) is 7.13. The van der Waals surface area contributed by atoms with Gasteiger partial charge in [-0.15, -0.1) is 0 Å². The number of ether oxygens (including phenoxy) is 1. The number of primary amides is 1. The number of rotatable bonds is 8. The number of ketones is 1. The molecule has 0 radical (unpaired) electrons. The first-order chi connectivity index (χ1) is 16.1. The summed E-state index contributed by atoms with van der Waals surface area (Å²) in [5, 5.41) is 5.30. The minimum atomic E-state index is -1.23. The normalized spacial score (nSPS) is 27.4. The molecule has 0 aromatic heterocycles. The van der Waals surface area contributed by atoms with Crippen molar-refractivity contribution in [2.75, 3.05) is 13.1 Å². The molecule has 34 heavy (non-hydrogen) atoms. The van der Waals surface area contributed by atoms with Crippen molar-refractivity contribution in [3.8, 4) is 0 Å². The van der Waals surface area contributed by atoms with Gasteiger partial charge >= 0.3 is 6.09 Å². The highest BCUT2D eigenvalue weighted by atomic mass is 16.6. The lowest BCUT2D eigenvalue weighted by atomic mass is 9.94. The molecule has 1 aromatic carbocycles. The van der Waals surface area contributed by atoms with E-state index < -0.39 is 41.7 Å². The van der Waals surface area contributed by atoms with Gasteiger partial charge in [-0.25, -0.2) is 4.79 Å². The van der Waals surface area contributed by atoms with Crippen LogP contribution < -0.4 is 16.4 Å². The van der Waals surface area contributed by atoms with Crippen LogP contribution in [0.25, 0.3) is 0 Å². The van der Waals surface area contributed by atoms with Gasteiger partial charge in [-0.2, -0.15) is 0 Å². The van der Waals surface area contributed by atoms with Crippen LogP contribution in [-0.2, 0) is 30.5 Å². The lowest BCUT2D eigenvalue weighted by molar-refractivity contribution is -0.139. The van der Waals surface area contributed by atoms with Crippen LogP contribution in [-0.4, -0.2) is 59.7 Å². The summed E-state index contributed by atoms with van der Waals surface area (Å²) < 4.78 is 5.45. The van der Waals surface area contributed by atoms with E-state index >= 15 is 0 Å². The summed E-state index contributed by atoms with van der Waals surface area (Å²) in [4.78, 5) is 63.7. The van der Waals surface area contributed by atoms with Gasteiger partial charge in [0.15, 0.2) is 0 Å². The van der Waals surface area contributed by atoms with E-state index in [1.807, 2.05) is 44.2 Å². The lowest BCUT2D eigenvalue weighted by Gasteiger charge is -2.30. The Labute approximate surface area is 197 Å². The third-order valence-electron chi connectivity index (χ3n) is 7.48. The molecular formula is C24H30N4O6. The fourth-order valence-electron chi connectivity index (χ4n) is 5.39. The predicted molar refractivity (Wildman–Crippen MR) is 120 cm³/mol. The van der Waals surface area contributed by atoms with E-state index in [0.717, 1.165) is 5.56 Å². The van der Waals surface area contributed by atoms with Gasteiger partial charge in [0.1, 0.15) is 12.6 Å². The summed E-state index contributed by atoms with van der Waals surface area (Å²) in [7, 11) is 0. The molecule has 2 heterocycles. The molecule has 4 amide bonds. The quantitative estimate of drug-likeness (QED) is 0.467. The fourth-order valence-corrected chi connectivity index (χ4v) is 5.39. The number of Topliss-reactive ketones (excluding diaryl/α,β-unsaturated/α-hetero) is 1. The lowest BCUT2D eigenvalue weighted by Crippen LogP contribution is -2.55. The number of benzene rings is 1. The number of amides is 4. The first-order valence-electron chi connectivity index (χ1n) is 11.5. The monoisotopic (exact) mass is 470 g/mol. The number of hydrogen-bond donors (Lipinski definition) is 3. The van der Waals surface area contributed by atoms with Gasteiger partial charge in [-0.05, 0) is 35.7 Å². The largest absolute Gasteiger partial charge is 0.445 e. The second-order valence-electron chi connectivity index (χ2n) is 9.89. The van der Waals surface area contributed by atoms with Crippen LogP contribution in [0.3, 0.4) is 0 Å². The molecule has 1 unspecified atom stereocenters. The Morgan fingerprint density at radius 1 is 1.24 bits per heavy atom. The Balaban J connectivity index is 1.48. The Kier molecular flexibility index (Phi) is 6.33. The summed E-state index contributed by atoms with van der Waals surface area (Å²) >= 11 is 0. The molecule has 10 nitrogen and oxygen atoms in total. The van der Waals surface area contributed by atoms with E-state index in [9.17, 15) is 24.0 Å². The molecule has 1 aliphatic carbocycles. The van der Waals surface area contributed by atoms with Gasteiger partial charge in [0, 0.05) is 19.0 Å². The minimum Gasteiger partial charge on any atom is -0.445 e. The van der Waals surface area contributed by atoms with Gasteiger partial charge in [-0.3, -0.25) is 24.1 Å². The first kappa shape index (κ1) is 23.7. The van der Waals surface area contributed by atoms with Crippen LogP contribution in [0.4, 0.5) is 4.79 Å². The summed E-state index contributed by atoms with van der Waals surface area (Å²) in [6.07, 6.45) is -0.141. The molecule has 4 N–H and O–H groups in total. The maximum Gasteiger partial charge on any atom is 0.410 e. The van der Waals surface area contributed by atoms with Crippen molar-refractivity contribution < 1.29 is 28.7 Å². The van der Waals surface area contributed by atoms with Crippen LogP contribution in [0.15, 0.2) is 30.3 Å². The van der Waals surface area contributed by atoms with Crippen molar-refractivity contribution in [1.82, 2.24) is 15.5 Å². The van der Waals surface area contributed by atoms with Crippen LogP contribution >= 0.6 is 0 Å². The third kappa shape index (κ3) is 4.49. The molecule has 10 heteroatoms. The molecule has 0 bridgehead atoms. The number of likely N-dealkylation sites (tertiary alicyclic amines) is 1. The molecule has 2 saturated heterocycles. The molecule has 3 aliphatic rings. The van der Waals surface area contributed by atoms with Gasteiger partial charge in [-0.1, -0.05) is 44.2 Å². The number of carbonyl (C=O) groups excluding carboxylic acids is 5. The van der Waals surface area contributed by atoms with Crippen LogP contribution in [0, 0.1) is 23.2 Å². The zero-order valence-corrected chi connectivity index (χ0v) is 19.3. The number of carbonyl (C=O) groups is 5. The minimum absolute atomic E-state index is 0.0258. The highest BCUT2D eigenvalue weighted by molar-refractivity contribution is 6.37. The van der Waals surface area contributed by atoms with Crippen molar-refractivity contribution in [2.45, 2.75) is 45.4 Å². The Bertz CT molecular complexity index is 1010. The maximum absolute atomic E-state index is 13.4. The topological polar surface area (TPSA) is 148 Å². The second kappa shape index (κ2) is 9.08. The Morgan fingerprint density at radius 2 is 1.94 bits per heavy atom. The maximum atomic E-state index is 13.4. The number of fused-ring (bicyclic) bond motifs is 1. The first-order valence-corrected chi connectivity index (χ1v) is 11.5. The molecule has 1 saturated carbocycles. The third-order valence-corrected chi connectivity index (χ3v) is 7.48. The SMILES string of the molecule is CC1(C)[C@@H]2[C@@H](C(=O)NC(C[C@@H]3CCNC3=O)C(=O)C(N)=O)N(C(=O)OCc3ccccc3)C[C@@H]21. The van der Waals surface area contributed by atoms with Crippen LogP contribution in [0.2, 0.25) is 0 Å². The molecular weight excluding hydrogens is 440 g/mol. The Hall–Kier alpha value is -3.43. The van der Waals surface area contributed by atoms with Crippen molar-refractivity contribution in [3.63, 3.8) is 0 Å². The van der Waals surface area contributed by atoms with E-state index in [2.05, 4.69) is 10.6 Å². The van der Waals surface area contributed by atoms with Crippen LogP contribution in [0.1, 0.15) is 32.3 Å². The van der Waals surface area contributed by atoms with Crippen molar-refractivity contribution >= 4 is 29.6 Å². The zero-order chi connectivity index (χ0) is 24.6. The molecule has 5 atom stereocenters. The van der Waals surface area contributed by atoms with Gasteiger partial charge in [0.2, 0.25) is 17.6 Å². The molecule has 3 fully saturated rings. The summed E-state index contributed by atoms with van der Waals surface area (Å²) in [6.45, 7) is 4.97. The van der Waals surface area contributed by atoms with Gasteiger partial charge in [0.25, 0.3) is 5.91 Å². The van der Waals surface area contributed by atoms with Gasteiger partial charge < -0.3 is 21.1 Å². The standard InChI is InChI=1S/C24H30N4O6/c1-24(2)15-11-28(23(33)34-12-13-6-4-3-5-7-13)18(17(15)24)22(32)27-16(19(29)20(25)30)10-14-8-9-26-21(14)31/h3-7,14-18H,8-12H2,1-2H3,(H2,25,30)(H,26,31)(H,27,32)/t14-,15-,16?,17-,18-/m0/s1. The highest BCUT2D eigenvalue weighted by Gasteiger charge is 2.69. The summed E-state index contributed by atoms with van der Waals surface area (Å²) in [5.74, 6) is -3.40. The van der Waals surface area contributed by atoms with Crippen molar-refractivity contribution in [3.05, 3.63) is 35.9 Å². The number of nitrogens with two attached hydrogens (primary N) is 1. The van der Waals surface area contributed by atoms with E-state index in [1.54, 1.807) is 0 Å². The second-order valence-corrected chi connectivity index (χ2v) is 9.89. The zero-order valence-electron chi connectivity index (χ0n) is 19.3. The van der Waals surface area contributed by atoms with Crippen molar-refractivity contribution in [1.29, 1.82) is 0 Å². The molecule has 2 aliphatic heterocycles. The average Bonchev–Trinajstić information content (AvgIpc) is 3.16. The van der Waals surface area contributed by atoms with Crippen LogP contribution in [0.5, 0.6) is 0 Å². The predicted octanol–water partition coefficient (Wildman–Crippen LogP) is 0.345. The van der Waals surface area contributed by atoms with Gasteiger partial charge in [0.05, 0.1) is 6.04 Å². The number of hydrogen-bond acceptors (Lipinski definition) is 6. The number of nitrogens with zero attached hydrogens (tertiary/aromatic N) is 1. The van der Waals surface area contributed by atoms with E-state index in [0.29, 0.717) is 19.5 Å². The smallest absolute Gasteiger partial charge is 0.410 e. The number of nitrogens with one attached hydrogen (secondary N) is 2. The van der Waals surface area contributed by atoms with E-state index in [4.69, 9.17) is 10.5 Å². The molecule has 4 rings (SSSR count). The molecule has 182 valence electrons. The molecule has 0 spiro atoms. The van der Waals surface area contributed by atoms with E-state index in [1.165, 1.54) is 4.90 Å². The fraction of sp³-hybridized carbons (Fsp3) is 0.542. The molecule has 1 aromatic rings. The Morgan fingerprint density at radius 3 is 2.56 bits per heavy atom. The van der Waals surface area contributed by atoms with E-state index in [-0.39, 0.29) is 36.2 Å². The highest BCUT2D eigenvalue weighted by Crippen LogP contribution is 2.64. The average molecular weight is 471 g/mol. The van der Waals surface area contributed by atoms with Crippen molar-refractivity contribution in [2.24, 2.45) is 28.9 Å². The number of piperidine rings is 1. The summed E-state index contributed by atoms with van der Waals surface area (Å²) in [5.41, 5.74) is 5.88.